The van der Waals surface area contributed by atoms with Crippen molar-refractivity contribution in [3.8, 4) is 0 Å². The minimum atomic E-state index is 0.720. The first-order chi connectivity index (χ1) is 4.74. The highest BCUT2D eigenvalue weighted by Gasteiger charge is 2.01. The van der Waals surface area contributed by atoms with E-state index in [9.17, 15) is 0 Å². The van der Waals surface area contributed by atoms with Crippen LogP contribution in [0.1, 0.15) is 15.6 Å². The van der Waals surface area contributed by atoms with Gasteiger partial charge >= 0.3 is 0 Å². The molecule has 0 atom stereocenters. The smallest absolute Gasteiger partial charge is 0.0900 e. The van der Waals surface area contributed by atoms with Gasteiger partial charge < -0.3 is 0 Å². The molecular formula is C6H11N3S. The summed E-state index contributed by atoms with van der Waals surface area (Å²) >= 11 is 1.69. The second-order valence-electron chi connectivity index (χ2n) is 2.12. The molecule has 0 amide bonds. The molecule has 1 heterocycles. The molecule has 0 fully saturated rings. The van der Waals surface area contributed by atoms with E-state index >= 15 is 0 Å². The highest BCUT2D eigenvalue weighted by Crippen LogP contribution is 2.15. The molecule has 0 saturated heterocycles. The molecule has 0 aliphatic carbocycles. The number of hydrogen-bond donors (Lipinski definition) is 2. The molecule has 0 bridgehead atoms. The van der Waals surface area contributed by atoms with Crippen LogP contribution in [0.5, 0.6) is 0 Å². The van der Waals surface area contributed by atoms with Crippen molar-refractivity contribution < 1.29 is 0 Å². The van der Waals surface area contributed by atoms with Crippen LogP contribution in [0, 0.1) is 13.8 Å². The lowest BCUT2D eigenvalue weighted by Crippen LogP contribution is -2.20. The van der Waals surface area contributed by atoms with E-state index < -0.39 is 0 Å². The van der Waals surface area contributed by atoms with Crippen molar-refractivity contribution in [3.63, 3.8) is 0 Å². The number of nitrogens with zero attached hydrogens (tertiary/aromatic N) is 1. The first-order valence-electron chi connectivity index (χ1n) is 3.10. The first-order valence-corrected chi connectivity index (χ1v) is 3.92. The average Bonchev–Trinajstić information content (AvgIpc) is 2.13. The van der Waals surface area contributed by atoms with Gasteiger partial charge in [0.1, 0.15) is 0 Å². The molecule has 1 aromatic heterocycles. The number of aryl methyl sites for hydroxylation is 2. The van der Waals surface area contributed by atoms with Crippen LogP contribution in [0.15, 0.2) is 0 Å². The van der Waals surface area contributed by atoms with Gasteiger partial charge in [-0.25, -0.2) is 4.98 Å². The van der Waals surface area contributed by atoms with Gasteiger partial charge in [0.25, 0.3) is 0 Å². The van der Waals surface area contributed by atoms with Gasteiger partial charge in [-0.1, -0.05) is 0 Å². The number of nitrogens with two attached hydrogens (primary N) is 1. The van der Waals surface area contributed by atoms with Gasteiger partial charge in [0.05, 0.1) is 10.7 Å². The minimum absolute atomic E-state index is 0.720. The Bertz CT molecular complexity index is 219. The molecule has 4 heteroatoms. The molecule has 10 heavy (non-hydrogen) atoms. The molecule has 3 nitrogen and oxygen atoms in total. The Morgan fingerprint density at radius 2 is 2.30 bits per heavy atom. The summed E-state index contributed by atoms with van der Waals surface area (Å²) in [7, 11) is 0. The van der Waals surface area contributed by atoms with E-state index in [2.05, 4.69) is 10.4 Å². The fourth-order valence-electron chi connectivity index (χ4n) is 0.830. The summed E-state index contributed by atoms with van der Waals surface area (Å²) < 4.78 is 0. The molecule has 0 aromatic carbocycles. The zero-order valence-corrected chi connectivity index (χ0v) is 6.96. The summed E-state index contributed by atoms with van der Waals surface area (Å²) in [6.45, 7) is 4.71. The second-order valence-corrected chi connectivity index (χ2v) is 3.41. The lowest BCUT2D eigenvalue weighted by Gasteiger charge is -1.93. The van der Waals surface area contributed by atoms with Crippen LogP contribution in [-0.2, 0) is 6.54 Å². The van der Waals surface area contributed by atoms with E-state index in [1.165, 1.54) is 4.88 Å². The lowest BCUT2D eigenvalue weighted by atomic mass is 10.4. The molecule has 0 unspecified atom stereocenters. The van der Waals surface area contributed by atoms with E-state index in [4.69, 9.17) is 5.84 Å². The fourth-order valence-corrected chi connectivity index (χ4v) is 1.72. The number of thiazole rings is 1. The first kappa shape index (κ1) is 7.65. The van der Waals surface area contributed by atoms with Gasteiger partial charge in [-0.3, -0.25) is 11.3 Å². The number of hydrazine groups is 1. The number of hydrogen-bond acceptors (Lipinski definition) is 4. The zero-order valence-electron chi connectivity index (χ0n) is 6.14. The van der Waals surface area contributed by atoms with Gasteiger partial charge in [-0.15, -0.1) is 11.3 Å². The van der Waals surface area contributed by atoms with Crippen molar-refractivity contribution in [2.45, 2.75) is 20.4 Å². The summed E-state index contributed by atoms with van der Waals surface area (Å²) in [6, 6.07) is 0. The minimum Gasteiger partial charge on any atom is -0.271 e. The van der Waals surface area contributed by atoms with Crippen molar-refractivity contribution in [2.75, 3.05) is 0 Å². The van der Waals surface area contributed by atoms with Crippen LogP contribution in [0.4, 0.5) is 0 Å². The standard InChI is InChI=1S/C6H11N3S/c1-4-6(3-8-7)10-5(2)9-4/h8H,3,7H2,1-2H3. The molecule has 1 rings (SSSR count). The summed E-state index contributed by atoms with van der Waals surface area (Å²) in [6.07, 6.45) is 0. The van der Waals surface area contributed by atoms with E-state index in [0.717, 1.165) is 17.2 Å². The van der Waals surface area contributed by atoms with Crippen LogP contribution in [0.3, 0.4) is 0 Å². The van der Waals surface area contributed by atoms with Gasteiger partial charge in [-0.2, -0.15) is 0 Å². The SMILES string of the molecule is Cc1nc(C)c(CNN)s1. The fraction of sp³-hybridized carbons (Fsp3) is 0.500. The molecule has 0 aliphatic rings. The van der Waals surface area contributed by atoms with Crippen LogP contribution in [0.2, 0.25) is 0 Å². The van der Waals surface area contributed by atoms with Crippen LogP contribution >= 0.6 is 11.3 Å². The Kier molecular flexibility index (Phi) is 2.37. The normalized spacial score (nSPS) is 10.3. The van der Waals surface area contributed by atoms with Gasteiger partial charge in [-0.05, 0) is 13.8 Å². The third-order valence-electron chi connectivity index (χ3n) is 1.26. The number of rotatable bonds is 2. The Morgan fingerprint density at radius 1 is 1.60 bits per heavy atom. The third-order valence-corrected chi connectivity index (χ3v) is 2.34. The number of nitrogens with one attached hydrogen (secondary N) is 1. The van der Waals surface area contributed by atoms with Crippen molar-refractivity contribution in [2.24, 2.45) is 5.84 Å². The quantitative estimate of drug-likeness (QED) is 0.491. The maximum atomic E-state index is 5.17. The van der Waals surface area contributed by atoms with E-state index in [1.54, 1.807) is 11.3 Å². The molecule has 0 spiro atoms. The summed E-state index contributed by atoms with van der Waals surface area (Å²) in [5.74, 6) is 5.17. The predicted molar refractivity (Wildman–Crippen MR) is 42.6 cm³/mol. The van der Waals surface area contributed by atoms with E-state index in [-0.39, 0.29) is 0 Å². The molecule has 0 saturated carbocycles. The lowest BCUT2D eigenvalue weighted by molar-refractivity contribution is 0.745. The Hall–Kier alpha value is -0.450. The Labute approximate surface area is 64.2 Å². The largest absolute Gasteiger partial charge is 0.271 e. The zero-order chi connectivity index (χ0) is 7.56. The molecule has 56 valence electrons. The molecular weight excluding hydrogens is 146 g/mol. The number of aromatic nitrogens is 1. The van der Waals surface area contributed by atoms with Crippen molar-refractivity contribution in [1.29, 1.82) is 0 Å². The molecule has 3 N–H and O–H groups in total. The van der Waals surface area contributed by atoms with Crippen LogP contribution in [-0.4, -0.2) is 4.98 Å². The van der Waals surface area contributed by atoms with Crippen molar-refractivity contribution in [3.05, 3.63) is 15.6 Å². The van der Waals surface area contributed by atoms with E-state index in [1.807, 2.05) is 13.8 Å². The molecule has 0 radical (unpaired) electrons. The van der Waals surface area contributed by atoms with Gasteiger partial charge in [0.15, 0.2) is 0 Å². The predicted octanol–water partition coefficient (Wildman–Crippen LogP) is 0.723. The van der Waals surface area contributed by atoms with Crippen LogP contribution < -0.4 is 11.3 Å². The maximum Gasteiger partial charge on any atom is 0.0900 e. The maximum absolute atomic E-state index is 5.17. The monoisotopic (exact) mass is 157 g/mol. The van der Waals surface area contributed by atoms with Gasteiger partial charge in [0.2, 0.25) is 0 Å². The van der Waals surface area contributed by atoms with Crippen molar-refractivity contribution in [1.82, 2.24) is 10.4 Å². The topological polar surface area (TPSA) is 50.9 Å². The molecule has 1 aromatic rings. The van der Waals surface area contributed by atoms with Crippen molar-refractivity contribution >= 4 is 11.3 Å². The third kappa shape index (κ3) is 1.53. The highest BCUT2D eigenvalue weighted by atomic mass is 32.1. The van der Waals surface area contributed by atoms with Crippen LogP contribution in [0.25, 0.3) is 0 Å². The summed E-state index contributed by atoms with van der Waals surface area (Å²) in [5.41, 5.74) is 3.69. The van der Waals surface area contributed by atoms with Gasteiger partial charge in [0, 0.05) is 11.4 Å². The second kappa shape index (κ2) is 3.09. The van der Waals surface area contributed by atoms with E-state index in [0.29, 0.717) is 0 Å². The summed E-state index contributed by atoms with van der Waals surface area (Å²) in [5, 5.41) is 1.10. The highest BCUT2D eigenvalue weighted by molar-refractivity contribution is 7.11. The average molecular weight is 157 g/mol. The Morgan fingerprint density at radius 3 is 2.70 bits per heavy atom. The Balaban J connectivity index is 2.81. The molecule has 0 aliphatic heterocycles. The summed E-state index contributed by atoms with van der Waals surface area (Å²) in [4.78, 5) is 5.47.